The minimum atomic E-state index is 0.232. The largest absolute Gasteiger partial charge is 0.489 e. The maximum Gasteiger partial charge on any atom is 0.227 e. The van der Waals surface area contributed by atoms with Crippen LogP contribution in [-0.2, 0) is 17.8 Å². The number of amides is 1. The van der Waals surface area contributed by atoms with Gasteiger partial charge in [0.1, 0.15) is 12.4 Å². The molecule has 26 heavy (non-hydrogen) atoms. The van der Waals surface area contributed by atoms with Gasteiger partial charge < -0.3 is 15.0 Å². The zero-order valence-electron chi connectivity index (χ0n) is 15.3. The van der Waals surface area contributed by atoms with E-state index in [0.29, 0.717) is 24.9 Å². The van der Waals surface area contributed by atoms with Gasteiger partial charge in [0.2, 0.25) is 5.91 Å². The first-order valence-electron chi connectivity index (χ1n) is 9.44. The fourth-order valence-electron chi connectivity index (χ4n) is 4.02. The van der Waals surface area contributed by atoms with E-state index in [1.54, 1.807) is 0 Å². The fraction of sp³-hybridized carbons (Fsp3) is 0.409. The monoisotopic (exact) mass is 350 g/mol. The van der Waals surface area contributed by atoms with E-state index in [-0.39, 0.29) is 5.91 Å². The molecule has 2 atom stereocenters. The fourth-order valence-corrected chi connectivity index (χ4v) is 4.02. The first-order valence-corrected chi connectivity index (χ1v) is 9.44. The van der Waals surface area contributed by atoms with Crippen molar-refractivity contribution in [3.05, 3.63) is 65.2 Å². The van der Waals surface area contributed by atoms with Crippen LogP contribution < -0.4 is 10.1 Å². The van der Waals surface area contributed by atoms with Gasteiger partial charge in [0.15, 0.2) is 0 Å². The van der Waals surface area contributed by atoms with E-state index < -0.39 is 0 Å². The Morgan fingerprint density at radius 1 is 1.12 bits per heavy atom. The summed E-state index contributed by atoms with van der Waals surface area (Å²) in [5.41, 5.74) is 3.44. The SMILES string of the molecule is Cc1ccccc1COc1cccc(CC(=O)N2C[C@H]3CNC[C@H]3C2)c1. The summed E-state index contributed by atoms with van der Waals surface area (Å²) in [6.45, 7) is 6.55. The van der Waals surface area contributed by atoms with Gasteiger partial charge >= 0.3 is 0 Å². The predicted octanol–water partition coefficient (Wildman–Crippen LogP) is 2.79. The summed E-state index contributed by atoms with van der Waals surface area (Å²) in [5, 5.41) is 3.42. The zero-order chi connectivity index (χ0) is 17.9. The molecular formula is C22H26N2O2. The molecule has 0 spiro atoms. The van der Waals surface area contributed by atoms with Gasteiger partial charge in [-0.05, 0) is 47.6 Å². The number of ether oxygens (including phenoxy) is 1. The smallest absolute Gasteiger partial charge is 0.227 e. The van der Waals surface area contributed by atoms with Crippen LogP contribution in [0.25, 0.3) is 0 Å². The number of nitrogens with one attached hydrogen (secondary N) is 1. The van der Waals surface area contributed by atoms with Gasteiger partial charge in [-0.25, -0.2) is 0 Å². The molecule has 2 heterocycles. The third-order valence-corrected chi connectivity index (χ3v) is 5.65. The van der Waals surface area contributed by atoms with Crippen LogP contribution in [0.5, 0.6) is 5.75 Å². The van der Waals surface area contributed by atoms with E-state index in [4.69, 9.17) is 4.74 Å². The molecule has 4 heteroatoms. The average molecular weight is 350 g/mol. The molecule has 1 amide bonds. The lowest BCUT2D eigenvalue weighted by molar-refractivity contribution is -0.129. The van der Waals surface area contributed by atoms with E-state index >= 15 is 0 Å². The maximum atomic E-state index is 12.6. The highest BCUT2D eigenvalue weighted by Crippen LogP contribution is 2.27. The van der Waals surface area contributed by atoms with Crippen molar-refractivity contribution in [3.63, 3.8) is 0 Å². The maximum absolute atomic E-state index is 12.6. The Bertz CT molecular complexity index is 777. The summed E-state index contributed by atoms with van der Waals surface area (Å²) >= 11 is 0. The standard InChI is InChI=1S/C22H26N2O2/c1-16-5-2-3-7-18(16)15-26-21-8-4-6-17(9-21)10-22(25)24-13-19-11-23-12-20(19)14-24/h2-9,19-20,23H,10-15H2,1H3/t19-,20+. The lowest BCUT2D eigenvalue weighted by Crippen LogP contribution is -2.32. The van der Waals surface area contributed by atoms with Crippen LogP contribution in [-0.4, -0.2) is 37.0 Å². The highest BCUT2D eigenvalue weighted by Gasteiger charge is 2.37. The molecule has 2 aromatic carbocycles. The van der Waals surface area contributed by atoms with Gasteiger partial charge in [-0.2, -0.15) is 0 Å². The lowest BCUT2D eigenvalue weighted by Gasteiger charge is -2.18. The minimum absolute atomic E-state index is 0.232. The lowest BCUT2D eigenvalue weighted by atomic mass is 10.0. The number of aryl methyl sites for hydroxylation is 1. The summed E-state index contributed by atoms with van der Waals surface area (Å²) in [6.07, 6.45) is 0.453. The van der Waals surface area contributed by atoms with Crippen LogP contribution in [0.1, 0.15) is 16.7 Å². The Kier molecular flexibility index (Phi) is 4.93. The summed E-state index contributed by atoms with van der Waals surface area (Å²) in [6, 6.07) is 16.2. The Morgan fingerprint density at radius 2 is 1.88 bits per heavy atom. The number of fused-ring (bicyclic) bond motifs is 1. The average Bonchev–Trinajstić information content (AvgIpc) is 3.23. The highest BCUT2D eigenvalue weighted by molar-refractivity contribution is 5.79. The molecule has 0 bridgehead atoms. The number of rotatable bonds is 5. The van der Waals surface area contributed by atoms with Crippen molar-refractivity contribution < 1.29 is 9.53 Å². The molecule has 4 nitrogen and oxygen atoms in total. The quantitative estimate of drug-likeness (QED) is 0.902. The number of hydrogen-bond donors (Lipinski definition) is 1. The van der Waals surface area contributed by atoms with Crippen molar-refractivity contribution in [2.45, 2.75) is 20.0 Å². The zero-order valence-corrected chi connectivity index (χ0v) is 15.3. The topological polar surface area (TPSA) is 41.6 Å². The normalized spacial score (nSPS) is 21.7. The highest BCUT2D eigenvalue weighted by atomic mass is 16.5. The Balaban J connectivity index is 1.35. The van der Waals surface area contributed by atoms with E-state index in [1.807, 2.05) is 41.3 Å². The van der Waals surface area contributed by atoms with Crippen LogP contribution in [0.3, 0.4) is 0 Å². The second-order valence-electron chi connectivity index (χ2n) is 7.52. The molecule has 136 valence electrons. The first kappa shape index (κ1) is 17.1. The third-order valence-electron chi connectivity index (χ3n) is 5.65. The molecule has 0 aliphatic carbocycles. The van der Waals surface area contributed by atoms with Gasteiger partial charge in [-0.15, -0.1) is 0 Å². The summed E-state index contributed by atoms with van der Waals surface area (Å²) in [4.78, 5) is 14.7. The number of carbonyl (C=O) groups is 1. The third kappa shape index (κ3) is 3.75. The molecule has 0 saturated carbocycles. The number of likely N-dealkylation sites (tertiary alicyclic amines) is 1. The second-order valence-corrected chi connectivity index (χ2v) is 7.52. The number of hydrogen-bond acceptors (Lipinski definition) is 3. The molecule has 0 radical (unpaired) electrons. The molecule has 2 aliphatic rings. The molecule has 1 N–H and O–H groups in total. The van der Waals surface area contributed by atoms with Crippen LogP contribution in [0, 0.1) is 18.8 Å². The number of carbonyl (C=O) groups excluding carboxylic acids is 1. The number of benzene rings is 2. The molecule has 2 aromatic rings. The summed E-state index contributed by atoms with van der Waals surface area (Å²) in [7, 11) is 0. The van der Waals surface area contributed by atoms with Gasteiger partial charge in [0, 0.05) is 26.2 Å². The summed E-state index contributed by atoms with van der Waals surface area (Å²) in [5.74, 6) is 2.34. The van der Waals surface area contributed by atoms with Crippen molar-refractivity contribution in [2.75, 3.05) is 26.2 Å². The van der Waals surface area contributed by atoms with Gasteiger partial charge in [0.05, 0.1) is 6.42 Å². The molecule has 2 aliphatic heterocycles. The molecule has 0 aromatic heterocycles. The van der Waals surface area contributed by atoms with Crippen LogP contribution in [0.15, 0.2) is 48.5 Å². The van der Waals surface area contributed by atoms with Crippen molar-refractivity contribution >= 4 is 5.91 Å². The Labute approximate surface area is 155 Å². The van der Waals surface area contributed by atoms with E-state index in [1.165, 1.54) is 11.1 Å². The van der Waals surface area contributed by atoms with Crippen molar-refractivity contribution in [2.24, 2.45) is 11.8 Å². The van der Waals surface area contributed by atoms with Crippen LogP contribution in [0.4, 0.5) is 0 Å². The van der Waals surface area contributed by atoms with Crippen molar-refractivity contribution in [3.8, 4) is 5.75 Å². The molecular weight excluding hydrogens is 324 g/mol. The predicted molar refractivity (Wildman–Crippen MR) is 102 cm³/mol. The molecule has 0 unspecified atom stereocenters. The van der Waals surface area contributed by atoms with Crippen LogP contribution >= 0.6 is 0 Å². The van der Waals surface area contributed by atoms with E-state index in [0.717, 1.165) is 37.5 Å². The Morgan fingerprint density at radius 3 is 2.65 bits per heavy atom. The van der Waals surface area contributed by atoms with Crippen molar-refractivity contribution in [1.82, 2.24) is 10.2 Å². The number of nitrogens with zero attached hydrogens (tertiary/aromatic N) is 1. The van der Waals surface area contributed by atoms with Gasteiger partial charge in [0.25, 0.3) is 0 Å². The second kappa shape index (κ2) is 7.50. The Hall–Kier alpha value is -2.33. The minimum Gasteiger partial charge on any atom is -0.489 e. The molecule has 4 rings (SSSR count). The van der Waals surface area contributed by atoms with Crippen molar-refractivity contribution in [1.29, 1.82) is 0 Å². The molecule has 2 saturated heterocycles. The van der Waals surface area contributed by atoms with E-state index in [9.17, 15) is 4.79 Å². The van der Waals surface area contributed by atoms with E-state index in [2.05, 4.69) is 24.4 Å². The summed E-state index contributed by atoms with van der Waals surface area (Å²) < 4.78 is 5.95. The first-order chi connectivity index (χ1) is 12.7. The van der Waals surface area contributed by atoms with Gasteiger partial charge in [-0.1, -0.05) is 36.4 Å². The van der Waals surface area contributed by atoms with Gasteiger partial charge in [-0.3, -0.25) is 4.79 Å². The van der Waals surface area contributed by atoms with Crippen LogP contribution in [0.2, 0.25) is 0 Å². The molecule has 2 fully saturated rings.